The molecule has 0 aromatic heterocycles. The van der Waals surface area contributed by atoms with E-state index in [4.69, 9.17) is 5.73 Å². The van der Waals surface area contributed by atoms with Gasteiger partial charge in [-0.1, -0.05) is 27.7 Å². The van der Waals surface area contributed by atoms with Gasteiger partial charge in [0.05, 0.1) is 0 Å². The zero-order chi connectivity index (χ0) is 10.5. The molecule has 0 aliphatic heterocycles. The Kier molecular flexibility index (Phi) is 5.81. The third-order valence-electron chi connectivity index (χ3n) is 1.95. The Labute approximate surface area is 84.7 Å². The predicted molar refractivity (Wildman–Crippen MR) is 60.2 cm³/mol. The summed E-state index contributed by atoms with van der Waals surface area (Å²) in [5.74, 6) is 1.96. The lowest BCUT2D eigenvalue weighted by Gasteiger charge is -2.17. The highest BCUT2D eigenvalue weighted by Gasteiger charge is 2.13. The Balaban J connectivity index is 3.64. The summed E-state index contributed by atoms with van der Waals surface area (Å²) in [6.07, 6.45) is 1.02. The smallest absolute Gasteiger partial charge is 0.0272 e. The Hall–Kier alpha value is 0.110. The van der Waals surface area contributed by atoms with Crippen molar-refractivity contribution in [3.8, 4) is 0 Å². The molecule has 2 N–H and O–H groups in total. The zero-order valence-corrected chi connectivity index (χ0v) is 10.1. The van der Waals surface area contributed by atoms with Crippen molar-refractivity contribution in [1.29, 1.82) is 0 Å². The summed E-state index contributed by atoms with van der Waals surface area (Å²) in [6, 6.07) is 0. The molecule has 0 saturated carbocycles. The third-order valence-corrected chi connectivity index (χ3v) is 3.55. The maximum Gasteiger partial charge on any atom is 0.0272 e. The molecule has 0 rings (SSSR count). The maximum absolute atomic E-state index is 11.5. The molecule has 0 aliphatic rings. The SMILES string of the molecule is CC(CN)CS(=O)CCC(C)(C)C. The molecule has 0 aromatic rings. The van der Waals surface area contributed by atoms with Gasteiger partial charge in [-0.15, -0.1) is 0 Å². The van der Waals surface area contributed by atoms with E-state index in [2.05, 4.69) is 27.7 Å². The minimum absolute atomic E-state index is 0.293. The molecule has 0 amide bonds. The monoisotopic (exact) mass is 205 g/mol. The van der Waals surface area contributed by atoms with Crippen LogP contribution in [0.1, 0.15) is 34.1 Å². The van der Waals surface area contributed by atoms with Crippen LogP contribution in [0.25, 0.3) is 0 Å². The van der Waals surface area contributed by atoms with Gasteiger partial charge in [-0.3, -0.25) is 4.21 Å². The van der Waals surface area contributed by atoms with Gasteiger partial charge in [0.25, 0.3) is 0 Å². The standard InChI is InChI=1S/C10H23NOS/c1-9(7-11)8-13(12)6-5-10(2,3)4/h9H,5-8,11H2,1-4H3. The maximum atomic E-state index is 11.5. The summed E-state index contributed by atoms with van der Waals surface area (Å²) in [6.45, 7) is 9.22. The minimum atomic E-state index is -0.676. The second-order valence-electron chi connectivity index (χ2n) is 4.96. The molecular formula is C10H23NOS. The van der Waals surface area contributed by atoms with Crippen LogP contribution in [0, 0.1) is 11.3 Å². The Morgan fingerprint density at radius 3 is 2.31 bits per heavy atom. The van der Waals surface area contributed by atoms with Crippen molar-refractivity contribution < 1.29 is 4.21 Å². The van der Waals surface area contributed by atoms with Crippen molar-refractivity contribution in [2.45, 2.75) is 34.1 Å². The van der Waals surface area contributed by atoms with Gasteiger partial charge in [-0.2, -0.15) is 0 Å². The third kappa shape index (κ3) is 8.44. The van der Waals surface area contributed by atoms with E-state index in [0.29, 0.717) is 17.9 Å². The average Bonchev–Trinajstić information content (AvgIpc) is 1.99. The molecule has 0 heterocycles. The van der Waals surface area contributed by atoms with E-state index < -0.39 is 10.8 Å². The molecule has 2 atom stereocenters. The molecule has 0 aromatic carbocycles. The van der Waals surface area contributed by atoms with Crippen molar-refractivity contribution in [3.05, 3.63) is 0 Å². The van der Waals surface area contributed by atoms with Crippen LogP contribution in [-0.4, -0.2) is 22.3 Å². The summed E-state index contributed by atoms with van der Waals surface area (Å²) in [5, 5.41) is 0. The van der Waals surface area contributed by atoms with E-state index in [1.807, 2.05) is 0 Å². The lowest BCUT2D eigenvalue weighted by atomic mass is 9.94. The van der Waals surface area contributed by atoms with Crippen molar-refractivity contribution >= 4 is 10.8 Å². The van der Waals surface area contributed by atoms with Crippen LogP contribution in [0.5, 0.6) is 0 Å². The summed E-state index contributed by atoms with van der Waals surface area (Å²) in [5.41, 5.74) is 5.76. The molecule has 3 heteroatoms. The summed E-state index contributed by atoms with van der Waals surface area (Å²) in [4.78, 5) is 0. The van der Waals surface area contributed by atoms with Gasteiger partial charge >= 0.3 is 0 Å². The molecular weight excluding hydrogens is 182 g/mol. The summed E-state index contributed by atoms with van der Waals surface area (Å²) >= 11 is 0. The zero-order valence-electron chi connectivity index (χ0n) is 9.30. The molecule has 80 valence electrons. The highest BCUT2D eigenvalue weighted by Crippen LogP contribution is 2.18. The lowest BCUT2D eigenvalue weighted by molar-refractivity contribution is 0.399. The number of hydrogen-bond donors (Lipinski definition) is 1. The van der Waals surface area contributed by atoms with Crippen LogP contribution < -0.4 is 5.73 Å². The second-order valence-corrected chi connectivity index (χ2v) is 6.58. The Bertz CT molecular complexity index is 163. The van der Waals surface area contributed by atoms with Gasteiger partial charge in [0.1, 0.15) is 0 Å². The Morgan fingerprint density at radius 1 is 1.38 bits per heavy atom. The predicted octanol–water partition coefficient (Wildman–Crippen LogP) is 1.77. The van der Waals surface area contributed by atoms with Crippen molar-refractivity contribution in [2.24, 2.45) is 17.1 Å². The van der Waals surface area contributed by atoms with Gasteiger partial charge in [-0.05, 0) is 24.3 Å². The van der Waals surface area contributed by atoms with Gasteiger partial charge < -0.3 is 5.73 Å². The van der Waals surface area contributed by atoms with Crippen molar-refractivity contribution in [2.75, 3.05) is 18.1 Å². The topological polar surface area (TPSA) is 43.1 Å². The van der Waals surface area contributed by atoms with Crippen LogP contribution >= 0.6 is 0 Å². The fourth-order valence-electron chi connectivity index (χ4n) is 0.889. The Morgan fingerprint density at radius 2 is 1.92 bits per heavy atom. The molecule has 0 radical (unpaired) electrons. The van der Waals surface area contributed by atoms with E-state index in [9.17, 15) is 4.21 Å². The van der Waals surface area contributed by atoms with E-state index in [1.54, 1.807) is 0 Å². The molecule has 2 unspecified atom stereocenters. The largest absolute Gasteiger partial charge is 0.330 e. The number of nitrogens with two attached hydrogens (primary N) is 1. The first-order chi connectivity index (χ1) is 5.85. The quantitative estimate of drug-likeness (QED) is 0.743. The highest BCUT2D eigenvalue weighted by molar-refractivity contribution is 7.84. The molecule has 0 bridgehead atoms. The first kappa shape index (κ1) is 13.1. The fourth-order valence-corrected chi connectivity index (χ4v) is 2.67. The van der Waals surface area contributed by atoms with E-state index in [-0.39, 0.29) is 0 Å². The minimum Gasteiger partial charge on any atom is -0.330 e. The van der Waals surface area contributed by atoms with Crippen LogP contribution in [0.2, 0.25) is 0 Å². The average molecular weight is 205 g/mol. The molecule has 0 saturated heterocycles. The van der Waals surface area contributed by atoms with Crippen LogP contribution in [0.3, 0.4) is 0 Å². The van der Waals surface area contributed by atoms with Crippen LogP contribution in [0.15, 0.2) is 0 Å². The van der Waals surface area contributed by atoms with Gasteiger partial charge in [-0.25, -0.2) is 0 Å². The number of hydrogen-bond acceptors (Lipinski definition) is 2. The summed E-state index contributed by atoms with van der Waals surface area (Å²) in [7, 11) is -0.676. The number of rotatable bonds is 5. The molecule has 0 spiro atoms. The summed E-state index contributed by atoms with van der Waals surface area (Å²) < 4.78 is 11.5. The van der Waals surface area contributed by atoms with Crippen molar-refractivity contribution in [3.63, 3.8) is 0 Å². The van der Waals surface area contributed by atoms with Crippen LogP contribution in [-0.2, 0) is 10.8 Å². The van der Waals surface area contributed by atoms with E-state index in [1.165, 1.54) is 0 Å². The molecule has 13 heavy (non-hydrogen) atoms. The van der Waals surface area contributed by atoms with E-state index >= 15 is 0 Å². The van der Waals surface area contributed by atoms with Gasteiger partial charge in [0, 0.05) is 22.3 Å². The molecule has 2 nitrogen and oxygen atoms in total. The molecule has 0 aliphatic carbocycles. The van der Waals surface area contributed by atoms with Gasteiger partial charge in [0.2, 0.25) is 0 Å². The normalized spacial score (nSPS) is 17.0. The van der Waals surface area contributed by atoms with Crippen LogP contribution in [0.4, 0.5) is 0 Å². The second kappa shape index (κ2) is 5.76. The molecule has 0 fully saturated rings. The first-order valence-electron chi connectivity index (χ1n) is 4.90. The van der Waals surface area contributed by atoms with E-state index in [0.717, 1.165) is 17.9 Å². The van der Waals surface area contributed by atoms with Gasteiger partial charge in [0.15, 0.2) is 0 Å². The first-order valence-corrected chi connectivity index (χ1v) is 6.39. The fraction of sp³-hybridized carbons (Fsp3) is 1.00. The highest BCUT2D eigenvalue weighted by atomic mass is 32.2. The lowest BCUT2D eigenvalue weighted by Crippen LogP contribution is -2.20. The van der Waals surface area contributed by atoms with Crippen molar-refractivity contribution in [1.82, 2.24) is 0 Å².